The number of allylic oxidation sites excluding steroid dienone is 3. The molecule has 5 heterocycles. The van der Waals surface area contributed by atoms with Gasteiger partial charge in [0.15, 0.2) is 18.3 Å². The smallest absolute Gasteiger partial charge is 0.302 e. The first-order valence-corrected chi connectivity index (χ1v) is 27.7. The quantitative estimate of drug-likeness (QED) is 0.0350. The van der Waals surface area contributed by atoms with Gasteiger partial charge in [0.2, 0.25) is 0 Å². The molecule has 9 N–H and O–H groups in total. The monoisotopic (exact) mass is 988 g/mol. The van der Waals surface area contributed by atoms with Crippen LogP contribution in [0.15, 0.2) is 53.8 Å². The Labute approximate surface area is 417 Å². The van der Waals surface area contributed by atoms with E-state index < -0.39 is 36.4 Å². The number of rotatable bonds is 9. The molecule has 13 nitrogen and oxygen atoms in total. The normalized spacial score (nSPS) is 29.1. The number of carbonyl (C=O) groups is 1. The Morgan fingerprint density at radius 2 is 1.94 bits per heavy atom. The Hall–Kier alpha value is -4.79. The molecule has 15 heteroatoms. The van der Waals surface area contributed by atoms with E-state index in [0.717, 1.165) is 100 Å². The van der Waals surface area contributed by atoms with Crippen LogP contribution in [0.1, 0.15) is 116 Å². The van der Waals surface area contributed by atoms with Gasteiger partial charge in [0.05, 0.1) is 23.8 Å². The molecule has 3 fully saturated rings. The van der Waals surface area contributed by atoms with Gasteiger partial charge in [0.1, 0.15) is 36.1 Å². The highest BCUT2D eigenvalue weighted by atomic mass is 33.1. The number of nitrogens with one attached hydrogen (secondary N) is 3. The number of hydrogen-bond donors (Lipinski definition) is 8. The fraction of sp³-hybridized carbons (Fsp3) is 0.509. The van der Waals surface area contributed by atoms with Gasteiger partial charge in [0, 0.05) is 88.9 Å². The summed E-state index contributed by atoms with van der Waals surface area (Å²) in [5.74, 6) is 10.6. The lowest BCUT2D eigenvalue weighted by molar-refractivity contribution is -0.141. The number of esters is 1. The average Bonchev–Trinajstić information content (AvgIpc) is 3.85. The number of fused-ring (bicyclic) bond motifs is 11. The van der Waals surface area contributed by atoms with Crippen LogP contribution in [0.5, 0.6) is 28.7 Å². The Balaban J connectivity index is 1.16. The van der Waals surface area contributed by atoms with E-state index in [0.29, 0.717) is 59.7 Å². The maximum Gasteiger partial charge on any atom is 0.302 e. The molecule has 8 aliphatic rings. The van der Waals surface area contributed by atoms with Gasteiger partial charge in [-0.05, 0) is 116 Å². The van der Waals surface area contributed by atoms with Gasteiger partial charge in [-0.15, -0.1) is 0 Å². The van der Waals surface area contributed by atoms with Crippen LogP contribution in [0.25, 0.3) is 17.2 Å². The Morgan fingerprint density at radius 1 is 1.06 bits per heavy atom. The lowest BCUT2D eigenvalue weighted by atomic mass is 9.65. The molecule has 0 amide bonds. The van der Waals surface area contributed by atoms with E-state index in [4.69, 9.17) is 24.7 Å². The summed E-state index contributed by atoms with van der Waals surface area (Å²) in [4.78, 5) is 12.9. The SMILES string of the molecule is CC(=O)OC[C@H]1c2ccc3c4c2O[C@@H]1c1c2c(c(O)c(CNCCCO)c1CC#CC1=C(C=CC(N)N1)C[C@H]1CC[C@]4(Cc4cc(O)cc(OCO)c4-3)C1)O[C@@H]1CSSC[C@@H]3CCC[C@@H](C3)N[C@H]1C=C2. The summed E-state index contributed by atoms with van der Waals surface area (Å²) in [6.45, 7) is 1.71. The molecule has 9 atom stereocenters. The van der Waals surface area contributed by atoms with E-state index in [-0.39, 0.29) is 55.7 Å². The Morgan fingerprint density at radius 3 is 2.80 bits per heavy atom. The number of hydrogen-bond acceptors (Lipinski definition) is 15. The summed E-state index contributed by atoms with van der Waals surface area (Å²) in [6.07, 6.45) is 16.5. The highest BCUT2D eigenvalue weighted by Gasteiger charge is 2.52. The maximum absolute atomic E-state index is 12.9. The molecule has 70 heavy (non-hydrogen) atoms. The third kappa shape index (κ3) is 8.96. The zero-order valence-electron chi connectivity index (χ0n) is 39.7. The van der Waals surface area contributed by atoms with Crippen LogP contribution in [-0.4, -0.2) is 88.8 Å². The molecule has 3 aromatic rings. The van der Waals surface area contributed by atoms with Crippen molar-refractivity contribution in [2.75, 3.05) is 38.1 Å². The third-order valence-electron chi connectivity index (χ3n) is 16.0. The molecule has 1 unspecified atom stereocenters. The lowest BCUT2D eigenvalue weighted by Crippen LogP contribution is -2.49. The molecular weight excluding hydrogens is 925 g/mol. The molecule has 0 radical (unpaired) electrons. The summed E-state index contributed by atoms with van der Waals surface area (Å²) >= 11 is 0. The summed E-state index contributed by atoms with van der Waals surface area (Å²) in [5, 5.41) is 54.8. The number of nitrogens with two attached hydrogens (primary N) is 1. The van der Waals surface area contributed by atoms with E-state index in [1.54, 1.807) is 6.07 Å². The van der Waals surface area contributed by atoms with Gasteiger partial charge < -0.3 is 61.1 Å². The Bertz CT molecular complexity index is 2710. The summed E-state index contributed by atoms with van der Waals surface area (Å²) in [6, 6.07) is 7.81. The number of aliphatic hydroxyl groups is 2. The Kier molecular flexibility index (Phi) is 13.6. The molecule has 2 saturated carbocycles. The van der Waals surface area contributed by atoms with Crippen LogP contribution in [0, 0.1) is 23.7 Å². The number of phenols is 2. The van der Waals surface area contributed by atoms with Crippen molar-refractivity contribution in [2.24, 2.45) is 17.6 Å². The minimum atomic E-state index is -0.724. The van der Waals surface area contributed by atoms with Gasteiger partial charge in [0.25, 0.3) is 0 Å². The van der Waals surface area contributed by atoms with E-state index in [9.17, 15) is 25.2 Å². The van der Waals surface area contributed by atoms with Crippen LogP contribution >= 0.6 is 21.6 Å². The van der Waals surface area contributed by atoms with Gasteiger partial charge in [-0.1, -0.05) is 64.3 Å². The van der Waals surface area contributed by atoms with Crippen molar-refractivity contribution in [2.45, 2.75) is 126 Å². The largest absolute Gasteiger partial charge is 0.508 e. The van der Waals surface area contributed by atoms with Gasteiger partial charge >= 0.3 is 5.97 Å². The molecule has 0 aromatic heterocycles. The molecule has 6 bridgehead atoms. The molecule has 11 rings (SSSR count). The van der Waals surface area contributed by atoms with Gasteiger partial charge in [-0.25, -0.2) is 0 Å². The number of carbonyl (C=O) groups excluding carboxylic acids is 1. The van der Waals surface area contributed by atoms with Crippen LogP contribution in [0.2, 0.25) is 0 Å². The van der Waals surface area contributed by atoms with Crippen molar-refractivity contribution in [1.82, 2.24) is 16.0 Å². The first kappa shape index (κ1) is 47.5. The second-order valence-electron chi connectivity index (χ2n) is 20.5. The number of aliphatic hydroxyl groups excluding tert-OH is 2. The molecule has 370 valence electrons. The van der Waals surface area contributed by atoms with Crippen LogP contribution in [0.3, 0.4) is 0 Å². The topological polar surface area (TPSA) is 197 Å². The number of aromatic hydroxyl groups is 2. The van der Waals surface area contributed by atoms with Crippen LogP contribution in [0.4, 0.5) is 0 Å². The van der Waals surface area contributed by atoms with Gasteiger partial charge in [-0.2, -0.15) is 0 Å². The molecule has 5 aliphatic heterocycles. The van der Waals surface area contributed by atoms with Crippen molar-refractivity contribution in [3.8, 4) is 51.7 Å². The van der Waals surface area contributed by atoms with Crippen LogP contribution < -0.4 is 35.9 Å². The van der Waals surface area contributed by atoms with Gasteiger partial charge in [-0.3, -0.25) is 4.79 Å². The molecular formula is C55H64N4O9S2. The first-order chi connectivity index (χ1) is 34.1. The second kappa shape index (κ2) is 20.0. The van der Waals surface area contributed by atoms with E-state index in [2.05, 4.69) is 58.2 Å². The number of dihydropyridines is 1. The maximum atomic E-state index is 12.9. The lowest BCUT2D eigenvalue weighted by Gasteiger charge is -2.39. The van der Waals surface area contributed by atoms with Crippen molar-refractivity contribution < 1.29 is 44.2 Å². The standard InChI is InChI=1S/C55H64N4O9S2/c1-30(62)65-26-42-38-10-11-39-48-34(21-36(63)22-45(48)66-29-61)24-55-16-15-31(23-55)19-33-9-14-47(56)59-43(33)8-3-7-37-41(25-57-17-4-18-60)51(64)54-40(49(37)52(42)68-53(38)50(39)55)12-13-44-46(67-54)28-70-69-27-32-5-2-6-35(20-32)58-44/h9-14,21-22,31-32,35,42,44,46-47,52,57-61,63-64H,2,4-7,15-20,23-29,56H2,1H3/t31-,32-,35+,42+,44+,46-,47?,52+,55-/m1/s1. The predicted octanol–water partition coefficient (Wildman–Crippen LogP) is 7.27. The van der Waals surface area contributed by atoms with Crippen molar-refractivity contribution in [3.05, 3.63) is 92.7 Å². The van der Waals surface area contributed by atoms with Crippen molar-refractivity contribution in [3.63, 3.8) is 0 Å². The van der Waals surface area contributed by atoms with E-state index in [1.807, 2.05) is 33.7 Å². The fourth-order valence-electron chi connectivity index (χ4n) is 13.0. The van der Waals surface area contributed by atoms with E-state index >= 15 is 0 Å². The van der Waals surface area contributed by atoms with Crippen molar-refractivity contribution in [1.29, 1.82) is 0 Å². The number of benzene rings is 3. The van der Waals surface area contributed by atoms with Crippen LogP contribution in [-0.2, 0) is 34.3 Å². The zero-order valence-corrected chi connectivity index (χ0v) is 41.3. The highest BCUT2D eigenvalue weighted by Crippen LogP contribution is 2.63. The minimum absolute atomic E-state index is 0.0209. The third-order valence-corrected chi connectivity index (χ3v) is 18.6. The van der Waals surface area contributed by atoms with E-state index in [1.165, 1.54) is 19.8 Å². The molecule has 1 saturated heterocycles. The second-order valence-corrected chi connectivity index (χ2v) is 23.1. The summed E-state index contributed by atoms with van der Waals surface area (Å²) < 4.78 is 26.8. The molecule has 3 aromatic carbocycles. The number of phenolic OH excluding ortho intramolecular Hbond substituents is 2. The summed E-state index contributed by atoms with van der Waals surface area (Å²) in [5.41, 5.74) is 15.6. The van der Waals surface area contributed by atoms with Crippen molar-refractivity contribution >= 4 is 33.6 Å². The summed E-state index contributed by atoms with van der Waals surface area (Å²) in [7, 11) is 3.75. The fourth-order valence-corrected chi connectivity index (χ4v) is 15.6. The minimum Gasteiger partial charge on any atom is -0.508 e. The average molecular weight is 989 g/mol. The zero-order chi connectivity index (χ0) is 48.1. The first-order valence-electron chi connectivity index (χ1n) is 25.2. The number of ether oxygens (including phenoxy) is 4. The molecule has 3 aliphatic carbocycles. The predicted molar refractivity (Wildman–Crippen MR) is 273 cm³/mol. The highest BCUT2D eigenvalue weighted by molar-refractivity contribution is 8.76. The molecule has 1 spiro atoms.